The van der Waals surface area contributed by atoms with E-state index in [1.54, 1.807) is 6.20 Å². The van der Waals surface area contributed by atoms with Gasteiger partial charge in [-0.3, -0.25) is 10.4 Å². The SMILES string of the molecule is Cc1cccc(NN=CCc2cccnc2)c1. The molecule has 1 aromatic heterocycles. The van der Waals surface area contributed by atoms with Crippen molar-refractivity contribution in [2.45, 2.75) is 13.3 Å². The second kappa shape index (κ2) is 5.80. The number of hydrogen-bond donors (Lipinski definition) is 1. The fourth-order valence-electron chi connectivity index (χ4n) is 1.50. The summed E-state index contributed by atoms with van der Waals surface area (Å²) in [6.07, 6.45) is 6.25. The minimum Gasteiger partial charge on any atom is -0.279 e. The van der Waals surface area contributed by atoms with Crippen LogP contribution in [0.1, 0.15) is 11.1 Å². The molecule has 0 saturated heterocycles. The highest BCUT2D eigenvalue weighted by Gasteiger charge is 1.90. The van der Waals surface area contributed by atoms with Crippen LogP contribution < -0.4 is 5.43 Å². The summed E-state index contributed by atoms with van der Waals surface area (Å²) >= 11 is 0. The molecule has 0 radical (unpaired) electrons. The van der Waals surface area contributed by atoms with E-state index in [1.807, 2.05) is 36.7 Å². The number of aryl methyl sites for hydroxylation is 1. The summed E-state index contributed by atoms with van der Waals surface area (Å²) < 4.78 is 0. The van der Waals surface area contributed by atoms with Crippen LogP contribution in [0.5, 0.6) is 0 Å². The Labute approximate surface area is 101 Å². The van der Waals surface area contributed by atoms with E-state index in [0.29, 0.717) is 0 Å². The highest BCUT2D eigenvalue weighted by atomic mass is 15.3. The molecule has 0 unspecified atom stereocenters. The highest BCUT2D eigenvalue weighted by molar-refractivity contribution is 5.62. The quantitative estimate of drug-likeness (QED) is 0.641. The number of hydrogen-bond acceptors (Lipinski definition) is 3. The summed E-state index contributed by atoms with van der Waals surface area (Å²) in [5.41, 5.74) is 6.39. The highest BCUT2D eigenvalue weighted by Crippen LogP contribution is 2.08. The molecule has 0 aliphatic carbocycles. The van der Waals surface area contributed by atoms with Crippen LogP contribution in [0.3, 0.4) is 0 Å². The van der Waals surface area contributed by atoms with E-state index in [-0.39, 0.29) is 0 Å². The van der Waals surface area contributed by atoms with Crippen LogP contribution in [0.15, 0.2) is 53.9 Å². The summed E-state index contributed by atoms with van der Waals surface area (Å²) in [6, 6.07) is 12.1. The number of hydrazone groups is 1. The van der Waals surface area contributed by atoms with Crippen LogP contribution >= 0.6 is 0 Å². The summed E-state index contributed by atoms with van der Waals surface area (Å²) in [7, 11) is 0. The van der Waals surface area contributed by atoms with Gasteiger partial charge in [0.1, 0.15) is 0 Å². The smallest absolute Gasteiger partial charge is 0.0564 e. The first-order chi connectivity index (χ1) is 8.34. The lowest BCUT2D eigenvalue weighted by atomic mass is 10.2. The normalized spacial score (nSPS) is 10.6. The Morgan fingerprint density at radius 1 is 1.29 bits per heavy atom. The Bertz CT molecular complexity index is 492. The Balaban J connectivity index is 1.86. The first-order valence-corrected chi connectivity index (χ1v) is 5.58. The van der Waals surface area contributed by atoms with E-state index in [9.17, 15) is 0 Å². The maximum absolute atomic E-state index is 4.18. The molecular formula is C14H15N3. The van der Waals surface area contributed by atoms with E-state index in [1.165, 1.54) is 5.56 Å². The molecule has 1 aromatic carbocycles. The van der Waals surface area contributed by atoms with E-state index < -0.39 is 0 Å². The number of anilines is 1. The minimum atomic E-state index is 0.784. The molecule has 0 saturated carbocycles. The Morgan fingerprint density at radius 2 is 2.24 bits per heavy atom. The maximum atomic E-state index is 4.18. The molecule has 1 heterocycles. The topological polar surface area (TPSA) is 37.3 Å². The van der Waals surface area contributed by atoms with Crippen molar-refractivity contribution in [2.75, 3.05) is 5.43 Å². The van der Waals surface area contributed by atoms with Crippen LogP contribution in [0.2, 0.25) is 0 Å². The van der Waals surface area contributed by atoms with Crippen LogP contribution in [-0.4, -0.2) is 11.2 Å². The zero-order valence-electron chi connectivity index (χ0n) is 9.80. The lowest BCUT2D eigenvalue weighted by Crippen LogP contribution is -1.92. The zero-order valence-corrected chi connectivity index (χ0v) is 9.80. The molecule has 1 N–H and O–H groups in total. The Morgan fingerprint density at radius 3 is 3.00 bits per heavy atom. The molecule has 0 atom stereocenters. The largest absolute Gasteiger partial charge is 0.279 e. The van der Waals surface area contributed by atoms with Crippen LogP contribution in [0.25, 0.3) is 0 Å². The van der Waals surface area contributed by atoms with Gasteiger partial charge in [-0.2, -0.15) is 5.10 Å². The predicted octanol–water partition coefficient (Wildman–Crippen LogP) is 3.03. The van der Waals surface area contributed by atoms with Crippen LogP contribution in [-0.2, 0) is 6.42 Å². The number of pyridine rings is 1. The van der Waals surface area contributed by atoms with E-state index in [4.69, 9.17) is 0 Å². The average molecular weight is 225 g/mol. The number of benzene rings is 1. The van der Waals surface area contributed by atoms with Crippen molar-refractivity contribution in [3.63, 3.8) is 0 Å². The first kappa shape index (κ1) is 11.3. The predicted molar refractivity (Wildman–Crippen MR) is 71.2 cm³/mol. The second-order valence-corrected chi connectivity index (χ2v) is 3.86. The van der Waals surface area contributed by atoms with Gasteiger partial charge in [-0.1, -0.05) is 18.2 Å². The molecule has 0 aliphatic rings. The Hall–Kier alpha value is -2.16. The number of nitrogens with one attached hydrogen (secondary N) is 1. The number of rotatable bonds is 4. The molecule has 2 rings (SSSR count). The van der Waals surface area contributed by atoms with Crippen molar-refractivity contribution in [2.24, 2.45) is 5.10 Å². The minimum absolute atomic E-state index is 0.784. The fraction of sp³-hybridized carbons (Fsp3) is 0.143. The van der Waals surface area contributed by atoms with Gasteiger partial charge in [0.2, 0.25) is 0 Å². The lowest BCUT2D eigenvalue weighted by molar-refractivity contribution is 1.22. The van der Waals surface area contributed by atoms with Crippen molar-refractivity contribution in [1.29, 1.82) is 0 Å². The van der Waals surface area contributed by atoms with Crippen molar-refractivity contribution < 1.29 is 0 Å². The molecule has 0 amide bonds. The molecule has 3 heteroatoms. The molecule has 86 valence electrons. The van der Waals surface area contributed by atoms with E-state index in [2.05, 4.69) is 34.6 Å². The Kier molecular flexibility index (Phi) is 3.86. The van der Waals surface area contributed by atoms with Gasteiger partial charge in [0.25, 0.3) is 0 Å². The molecule has 0 fully saturated rings. The lowest BCUT2D eigenvalue weighted by Gasteiger charge is -2.00. The second-order valence-electron chi connectivity index (χ2n) is 3.86. The van der Waals surface area contributed by atoms with Gasteiger partial charge < -0.3 is 0 Å². The van der Waals surface area contributed by atoms with Gasteiger partial charge >= 0.3 is 0 Å². The van der Waals surface area contributed by atoms with Gasteiger partial charge in [-0.25, -0.2) is 0 Å². The third kappa shape index (κ3) is 3.72. The van der Waals surface area contributed by atoms with Crippen LogP contribution in [0, 0.1) is 6.92 Å². The zero-order chi connectivity index (χ0) is 11.9. The molecule has 17 heavy (non-hydrogen) atoms. The maximum Gasteiger partial charge on any atom is 0.0564 e. The van der Waals surface area contributed by atoms with E-state index in [0.717, 1.165) is 17.7 Å². The van der Waals surface area contributed by atoms with Gasteiger partial charge in [-0.05, 0) is 36.2 Å². The summed E-state index contributed by atoms with van der Waals surface area (Å²) in [5, 5.41) is 4.18. The van der Waals surface area contributed by atoms with Crippen molar-refractivity contribution in [1.82, 2.24) is 4.98 Å². The molecule has 3 nitrogen and oxygen atoms in total. The third-order valence-electron chi connectivity index (χ3n) is 2.35. The number of nitrogens with zero attached hydrogens (tertiary/aromatic N) is 2. The summed E-state index contributed by atoms with van der Waals surface area (Å²) in [6.45, 7) is 2.06. The van der Waals surface area contributed by atoms with Gasteiger partial charge in [0.05, 0.1) is 5.69 Å². The molecule has 0 bridgehead atoms. The monoisotopic (exact) mass is 225 g/mol. The molecule has 2 aromatic rings. The van der Waals surface area contributed by atoms with Crippen LogP contribution in [0.4, 0.5) is 5.69 Å². The van der Waals surface area contributed by atoms with Crippen molar-refractivity contribution >= 4 is 11.9 Å². The summed E-state index contributed by atoms with van der Waals surface area (Å²) in [4.78, 5) is 4.05. The number of aromatic nitrogens is 1. The van der Waals surface area contributed by atoms with Gasteiger partial charge in [0.15, 0.2) is 0 Å². The molecular weight excluding hydrogens is 210 g/mol. The standard InChI is InChI=1S/C14H15N3/c1-12-4-2-6-14(10-12)17-16-9-7-13-5-3-8-15-11-13/h2-6,8-11,17H,7H2,1H3. The van der Waals surface area contributed by atoms with Gasteiger partial charge in [0, 0.05) is 25.0 Å². The third-order valence-corrected chi connectivity index (χ3v) is 2.35. The molecule has 0 aliphatic heterocycles. The van der Waals surface area contributed by atoms with Crippen molar-refractivity contribution in [3.05, 3.63) is 59.9 Å². The van der Waals surface area contributed by atoms with Gasteiger partial charge in [-0.15, -0.1) is 0 Å². The summed E-state index contributed by atoms with van der Waals surface area (Å²) in [5.74, 6) is 0. The molecule has 0 spiro atoms. The first-order valence-electron chi connectivity index (χ1n) is 5.58. The average Bonchev–Trinajstić information content (AvgIpc) is 2.36. The van der Waals surface area contributed by atoms with E-state index >= 15 is 0 Å². The fourth-order valence-corrected chi connectivity index (χ4v) is 1.50. The van der Waals surface area contributed by atoms with Crippen molar-refractivity contribution in [3.8, 4) is 0 Å².